The van der Waals surface area contributed by atoms with Crippen LogP contribution in [0.25, 0.3) is 0 Å². The predicted octanol–water partition coefficient (Wildman–Crippen LogP) is 6.41. The van der Waals surface area contributed by atoms with E-state index >= 15 is 0 Å². The van der Waals surface area contributed by atoms with Gasteiger partial charge in [-0.05, 0) is 67.1 Å². The second-order valence-corrected chi connectivity index (χ2v) is 7.52. The van der Waals surface area contributed by atoms with Gasteiger partial charge in [0.15, 0.2) is 0 Å². The van der Waals surface area contributed by atoms with Crippen LogP contribution < -0.4 is 15.4 Å². The molecule has 3 aromatic rings. The number of ether oxygens (including phenoxy) is 1. The molecule has 6 heteroatoms. The Kier molecular flexibility index (Phi) is 8.07. The molecule has 0 bridgehead atoms. The predicted molar refractivity (Wildman–Crippen MR) is 125 cm³/mol. The molecule has 3 rings (SSSR count). The zero-order valence-electron chi connectivity index (χ0n) is 17.4. The van der Waals surface area contributed by atoms with Crippen LogP contribution in [0.4, 0.5) is 11.4 Å². The van der Waals surface area contributed by atoms with Crippen molar-refractivity contribution in [2.24, 2.45) is 0 Å². The fourth-order valence-electron chi connectivity index (χ4n) is 2.96. The van der Waals surface area contributed by atoms with Gasteiger partial charge >= 0.3 is 0 Å². The number of carbonyl (C=O) groups is 2. The molecule has 31 heavy (non-hydrogen) atoms. The fraction of sp³-hybridized carbons (Fsp3) is 0.200. The Labute approximate surface area is 187 Å². The van der Waals surface area contributed by atoms with E-state index in [4.69, 9.17) is 16.3 Å². The van der Waals surface area contributed by atoms with Crippen molar-refractivity contribution < 1.29 is 14.3 Å². The van der Waals surface area contributed by atoms with Gasteiger partial charge in [-0.3, -0.25) is 9.59 Å². The quantitative estimate of drug-likeness (QED) is 0.380. The number of hydrogen-bond donors (Lipinski definition) is 2. The van der Waals surface area contributed by atoms with Crippen LogP contribution in [-0.4, -0.2) is 18.4 Å². The maximum absolute atomic E-state index is 12.6. The lowest BCUT2D eigenvalue weighted by Crippen LogP contribution is -2.14. The van der Waals surface area contributed by atoms with Crippen molar-refractivity contribution in [3.05, 3.63) is 88.9 Å². The molecule has 0 saturated heterocycles. The van der Waals surface area contributed by atoms with Crippen LogP contribution >= 0.6 is 11.6 Å². The van der Waals surface area contributed by atoms with Crippen LogP contribution in [0.15, 0.2) is 72.8 Å². The van der Waals surface area contributed by atoms with Crippen molar-refractivity contribution in [1.29, 1.82) is 0 Å². The molecule has 0 aliphatic heterocycles. The number of carbonyl (C=O) groups excluding carboxylic acids is 2. The molecule has 3 aromatic carbocycles. The van der Waals surface area contributed by atoms with Gasteiger partial charge in [-0.1, -0.05) is 43.5 Å². The lowest BCUT2D eigenvalue weighted by atomic mass is 10.1. The van der Waals surface area contributed by atoms with Crippen LogP contribution in [0.2, 0.25) is 5.02 Å². The third-order valence-electron chi connectivity index (χ3n) is 4.60. The van der Waals surface area contributed by atoms with E-state index in [1.165, 1.54) is 0 Å². The van der Waals surface area contributed by atoms with Gasteiger partial charge in [0.25, 0.3) is 11.8 Å². The summed E-state index contributed by atoms with van der Waals surface area (Å²) in [6.07, 6.45) is 3.29. The normalized spacial score (nSPS) is 10.4. The highest BCUT2D eigenvalue weighted by Crippen LogP contribution is 2.18. The van der Waals surface area contributed by atoms with Crippen molar-refractivity contribution in [2.45, 2.75) is 26.2 Å². The Morgan fingerprint density at radius 1 is 0.806 bits per heavy atom. The number of benzene rings is 3. The summed E-state index contributed by atoms with van der Waals surface area (Å²) in [6, 6.07) is 20.7. The first kappa shape index (κ1) is 22.4. The van der Waals surface area contributed by atoms with Gasteiger partial charge in [0.1, 0.15) is 5.75 Å². The number of hydrogen-bond acceptors (Lipinski definition) is 3. The molecular formula is C25H25ClN2O3. The number of unbranched alkanes of at least 4 members (excludes halogenated alkanes) is 2. The van der Waals surface area contributed by atoms with E-state index in [2.05, 4.69) is 17.6 Å². The Morgan fingerprint density at radius 2 is 1.45 bits per heavy atom. The first-order chi connectivity index (χ1) is 15.0. The molecule has 0 radical (unpaired) electrons. The van der Waals surface area contributed by atoms with Crippen molar-refractivity contribution >= 4 is 34.8 Å². The van der Waals surface area contributed by atoms with Gasteiger partial charge in [0.2, 0.25) is 0 Å². The van der Waals surface area contributed by atoms with E-state index in [9.17, 15) is 9.59 Å². The molecule has 0 spiro atoms. The van der Waals surface area contributed by atoms with E-state index in [0.29, 0.717) is 34.1 Å². The summed E-state index contributed by atoms with van der Waals surface area (Å²) >= 11 is 5.96. The minimum atomic E-state index is -0.289. The average molecular weight is 437 g/mol. The maximum Gasteiger partial charge on any atom is 0.255 e. The molecule has 0 aliphatic rings. The number of rotatable bonds is 9. The topological polar surface area (TPSA) is 67.4 Å². The van der Waals surface area contributed by atoms with Crippen LogP contribution in [0.5, 0.6) is 5.75 Å². The third kappa shape index (κ3) is 6.86. The molecular weight excluding hydrogens is 412 g/mol. The summed E-state index contributed by atoms with van der Waals surface area (Å²) in [7, 11) is 0. The molecule has 0 atom stereocenters. The highest BCUT2D eigenvalue weighted by Gasteiger charge is 2.10. The summed E-state index contributed by atoms with van der Waals surface area (Å²) in [5.74, 6) is 0.195. The van der Waals surface area contributed by atoms with Crippen LogP contribution in [-0.2, 0) is 0 Å². The lowest BCUT2D eigenvalue weighted by Gasteiger charge is -2.10. The minimum Gasteiger partial charge on any atom is -0.494 e. The first-order valence-corrected chi connectivity index (χ1v) is 10.6. The Balaban J connectivity index is 1.59. The van der Waals surface area contributed by atoms with Gasteiger partial charge in [-0.2, -0.15) is 0 Å². The Hall–Kier alpha value is -3.31. The Morgan fingerprint density at radius 3 is 2.13 bits per heavy atom. The van der Waals surface area contributed by atoms with E-state index in [1.807, 2.05) is 0 Å². The van der Waals surface area contributed by atoms with E-state index in [1.54, 1.807) is 72.8 Å². The average Bonchev–Trinajstić information content (AvgIpc) is 2.77. The third-order valence-corrected chi connectivity index (χ3v) is 4.83. The Bertz CT molecular complexity index is 1030. The van der Waals surface area contributed by atoms with Crippen LogP contribution in [0.1, 0.15) is 46.9 Å². The highest BCUT2D eigenvalue weighted by atomic mass is 35.5. The smallest absolute Gasteiger partial charge is 0.255 e. The molecule has 2 N–H and O–H groups in total. The van der Waals surface area contributed by atoms with E-state index < -0.39 is 0 Å². The van der Waals surface area contributed by atoms with Crippen molar-refractivity contribution in [3.63, 3.8) is 0 Å². The molecule has 160 valence electrons. The van der Waals surface area contributed by atoms with Gasteiger partial charge < -0.3 is 15.4 Å². The number of halogens is 1. The largest absolute Gasteiger partial charge is 0.494 e. The summed E-state index contributed by atoms with van der Waals surface area (Å²) in [5.41, 5.74) is 2.07. The SMILES string of the molecule is CCCCCOc1ccc(C(=O)Nc2cccc(C(=O)Nc3cccc(Cl)c3)c2)cc1. The van der Waals surface area contributed by atoms with Crippen molar-refractivity contribution in [2.75, 3.05) is 17.2 Å². The summed E-state index contributed by atoms with van der Waals surface area (Å²) in [4.78, 5) is 25.1. The summed E-state index contributed by atoms with van der Waals surface area (Å²) < 4.78 is 5.67. The summed E-state index contributed by atoms with van der Waals surface area (Å²) in [5, 5.41) is 6.16. The van der Waals surface area contributed by atoms with E-state index in [-0.39, 0.29) is 11.8 Å². The molecule has 0 heterocycles. The highest BCUT2D eigenvalue weighted by molar-refractivity contribution is 6.31. The van der Waals surface area contributed by atoms with Gasteiger partial charge in [0.05, 0.1) is 6.61 Å². The first-order valence-electron chi connectivity index (χ1n) is 10.3. The number of anilines is 2. The lowest BCUT2D eigenvalue weighted by molar-refractivity contribution is 0.101. The van der Waals surface area contributed by atoms with Crippen LogP contribution in [0.3, 0.4) is 0 Å². The molecule has 5 nitrogen and oxygen atoms in total. The van der Waals surface area contributed by atoms with Crippen LogP contribution in [0, 0.1) is 0 Å². The molecule has 0 aromatic heterocycles. The van der Waals surface area contributed by atoms with Crippen molar-refractivity contribution in [3.8, 4) is 5.75 Å². The van der Waals surface area contributed by atoms with E-state index in [0.717, 1.165) is 25.0 Å². The zero-order valence-corrected chi connectivity index (χ0v) is 18.1. The maximum atomic E-state index is 12.6. The standard InChI is InChI=1S/C25H25ClN2O3/c1-2-3-4-15-31-23-13-11-18(12-14-23)24(29)27-21-9-5-7-19(16-21)25(30)28-22-10-6-8-20(26)17-22/h5-14,16-17H,2-4,15H2,1H3,(H,27,29)(H,28,30). The summed E-state index contributed by atoms with van der Waals surface area (Å²) in [6.45, 7) is 2.82. The second-order valence-electron chi connectivity index (χ2n) is 7.08. The van der Waals surface area contributed by atoms with Crippen molar-refractivity contribution in [1.82, 2.24) is 0 Å². The second kappa shape index (κ2) is 11.2. The fourth-order valence-corrected chi connectivity index (χ4v) is 3.15. The number of amides is 2. The van der Waals surface area contributed by atoms with Gasteiger partial charge in [-0.25, -0.2) is 0 Å². The molecule has 0 aliphatic carbocycles. The number of nitrogens with one attached hydrogen (secondary N) is 2. The molecule has 0 saturated carbocycles. The zero-order chi connectivity index (χ0) is 22.1. The van der Waals surface area contributed by atoms with Gasteiger partial charge in [0, 0.05) is 27.5 Å². The molecule has 2 amide bonds. The minimum absolute atomic E-state index is 0.259. The monoisotopic (exact) mass is 436 g/mol. The van der Waals surface area contributed by atoms with Gasteiger partial charge in [-0.15, -0.1) is 0 Å². The molecule has 0 fully saturated rings. The molecule has 0 unspecified atom stereocenters.